The summed E-state index contributed by atoms with van der Waals surface area (Å²) in [6, 6.07) is 25.0. The number of H-pyrrole nitrogens is 1. The molecule has 1 aliphatic carbocycles. The first-order valence-corrected chi connectivity index (χ1v) is 20.5. The SMILES string of the molecule is CC.CNCc1ccc(-c2ncc[nH]2)cc1.COc1ccc(C)cc1.COc1ccc(C)cc1.O=C(O)NCC12CNC(C1)C2.O=CO.OC1CCNC1.OC1CCNC1. The van der Waals surface area contributed by atoms with Gasteiger partial charge in [-0.1, -0.05) is 73.5 Å². The molecule has 2 bridgehead atoms. The molecule has 5 fully saturated rings. The van der Waals surface area contributed by atoms with Gasteiger partial charge in [0.2, 0.25) is 0 Å². The summed E-state index contributed by atoms with van der Waals surface area (Å²) in [5.74, 6) is 2.75. The molecule has 4 aromatic rings. The summed E-state index contributed by atoms with van der Waals surface area (Å²) in [6.45, 7) is 13.9. The van der Waals surface area contributed by atoms with Gasteiger partial charge in [0.15, 0.2) is 0 Å². The third-order valence-corrected chi connectivity index (χ3v) is 9.43. The lowest BCUT2D eigenvalue weighted by molar-refractivity contribution is -0.122. The Bertz CT molecular complexity index is 1560. The molecule has 4 aliphatic heterocycles. The van der Waals surface area contributed by atoms with Crippen LogP contribution in [-0.2, 0) is 11.3 Å². The number of benzene rings is 3. The monoisotopic (exact) mass is 838 g/mol. The van der Waals surface area contributed by atoms with Crippen molar-refractivity contribution in [1.29, 1.82) is 0 Å². The number of aryl methyl sites for hydroxylation is 2. The minimum absolute atomic E-state index is 0.0648. The number of hydrogen-bond acceptors (Lipinski definition) is 11. The van der Waals surface area contributed by atoms with E-state index in [2.05, 4.69) is 74.7 Å². The van der Waals surface area contributed by atoms with Crippen molar-refractivity contribution in [2.45, 2.75) is 78.2 Å². The number of methoxy groups -OCH3 is 2. The number of hydrogen-bond donors (Lipinski definition) is 10. The summed E-state index contributed by atoms with van der Waals surface area (Å²) in [7, 11) is 5.29. The van der Waals surface area contributed by atoms with E-state index in [1.54, 1.807) is 20.4 Å². The Morgan fingerprint density at radius 3 is 1.63 bits per heavy atom. The van der Waals surface area contributed by atoms with Crippen LogP contribution in [0, 0.1) is 19.3 Å². The highest BCUT2D eigenvalue weighted by molar-refractivity contribution is 5.64. The van der Waals surface area contributed by atoms with Crippen LogP contribution in [0.15, 0.2) is 85.2 Å². The lowest BCUT2D eigenvalue weighted by Gasteiger charge is -2.36. The number of amides is 1. The summed E-state index contributed by atoms with van der Waals surface area (Å²) in [5, 5.41) is 47.5. The number of aromatic nitrogens is 2. The summed E-state index contributed by atoms with van der Waals surface area (Å²) < 4.78 is 9.94. The number of β-amino-alcohol motifs (C(OH)–C–C–N with tert-alkyl or cyclic N) is 2. The molecule has 5 heterocycles. The predicted octanol–water partition coefficient (Wildman–Crippen LogP) is 5.22. The molecule has 1 amide bonds. The highest BCUT2D eigenvalue weighted by Gasteiger charge is 2.50. The molecule has 1 saturated carbocycles. The summed E-state index contributed by atoms with van der Waals surface area (Å²) in [5.41, 5.74) is 5.19. The quantitative estimate of drug-likeness (QED) is 0.108. The number of nitrogens with zero attached hydrogens (tertiary/aromatic N) is 1. The highest BCUT2D eigenvalue weighted by atomic mass is 16.5. The molecule has 0 spiro atoms. The molecule has 2 unspecified atom stereocenters. The van der Waals surface area contributed by atoms with Gasteiger partial charge in [0.1, 0.15) is 17.3 Å². The maximum absolute atomic E-state index is 10.2. The third-order valence-electron chi connectivity index (χ3n) is 9.43. The highest BCUT2D eigenvalue weighted by Crippen LogP contribution is 2.45. The van der Waals surface area contributed by atoms with Crippen molar-refractivity contribution in [1.82, 2.24) is 36.6 Å². The number of aliphatic hydroxyl groups excluding tert-OH is 2. The number of ether oxygens (including phenoxy) is 2. The minimum atomic E-state index is -0.908. The van der Waals surface area contributed by atoms with Crippen LogP contribution >= 0.6 is 0 Å². The molecule has 3 aromatic carbocycles. The maximum atomic E-state index is 10.2. The van der Waals surface area contributed by atoms with Crippen molar-refractivity contribution in [3.63, 3.8) is 0 Å². The summed E-state index contributed by atoms with van der Waals surface area (Å²) in [4.78, 5) is 25.8. The average Bonchev–Trinajstić information content (AvgIpc) is 4.12. The first-order chi connectivity index (χ1) is 29.0. The van der Waals surface area contributed by atoms with Crippen LogP contribution < -0.4 is 36.1 Å². The van der Waals surface area contributed by atoms with Gasteiger partial charge in [-0.2, -0.15) is 0 Å². The molecule has 5 aliphatic rings. The van der Waals surface area contributed by atoms with E-state index in [9.17, 15) is 4.79 Å². The van der Waals surface area contributed by atoms with E-state index in [0.29, 0.717) is 12.6 Å². The van der Waals surface area contributed by atoms with Gasteiger partial charge in [-0.05, 0) is 89.5 Å². The van der Waals surface area contributed by atoms with E-state index in [0.717, 1.165) is 87.8 Å². The second-order valence-corrected chi connectivity index (χ2v) is 14.2. The summed E-state index contributed by atoms with van der Waals surface area (Å²) >= 11 is 0. The molecule has 334 valence electrons. The molecular weight excluding hydrogens is 767 g/mol. The van der Waals surface area contributed by atoms with Crippen LogP contribution in [0.2, 0.25) is 0 Å². The molecule has 15 heteroatoms. The maximum Gasteiger partial charge on any atom is 0.404 e. The largest absolute Gasteiger partial charge is 0.497 e. The smallest absolute Gasteiger partial charge is 0.404 e. The molecule has 15 nitrogen and oxygen atoms in total. The van der Waals surface area contributed by atoms with Crippen LogP contribution in [0.1, 0.15) is 56.2 Å². The number of carbonyl (C=O) groups is 2. The third kappa shape index (κ3) is 22.9. The van der Waals surface area contributed by atoms with Crippen LogP contribution in [0.5, 0.6) is 11.5 Å². The van der Waals surface area contributed by atoms with Crippen molar-refractivity contribution < 1.29 is 39.5 Å². The van der Waals surface area contributed by atoms with Crippen molar-refractivity contribution in [3.05, 3.63) is 102 Å². The lowest BCUT2D eigenvalue weighted by Crippen LogP contribution is -2.43. The Hall–Kier alpha value is -5.03. The van der Waals surface area contributed by atoms with Crippen molar-refractivity contribution in [3.8, 4) is 22.9 Å². The van der Waals surface area contributed by atoms with Gasteiger partial charge in [-0.25, -0.2) is 9.78 Å². The first kappa shape index (κ1) is 53.0. The molecule has 1 aromatic heterocycles. The van der Waals surface area contributed by atoms with E-state index in [1.807, 2.05) is 75.6 Å². The van der Waals surface area contributed by atoms with E-state index in [-0.39, 0.29) is 24.1 Å². The van der Waals surface area contributed by atoms with Crippen LogP contribution in [-0.4, -0.2) is 122 Å². The van der Waals surface area contributed by atoms with Gasteiger partial charge in [0, 0.05) is 62.1 Å². The van der Waals surface area contributed by atoms with Gasteiger partial charge >= 0.3 is 6.09 Å². The number of imidazole rings is 1. The van der Waals surface area contributed by atoms with Crippen molar-refractivity contribution in [2.24, 2.45) is 5.41 Å². The van der Waals surface area contributed by atoms with Crippen molar-refractivity contribution >= 4 is 12.6 Å². The van der Waals surface area contributed by atoms with E-state index in [1.165, 1.54) is 16.7 Å². The summed E-state index contributed by atoms with van der Waals surface area (Å²) in [6.07, 6.45) is 6.71. The molecule has 10 N–H and O–H groups in total. The Balaban J connectivity index is 0.000000360. The van der Waals surface area contributed by atoms with E-state index < -0.39 is 6.09 Å². The molecular formula is C45H71N7O8. The fraction of sp³-hybridized carbons (Fsp3) is 0.489. The van der Waals surface area contributed by atoms with Gasteiger partial charge in [-0.15, -0.1) is 0 Å². The molecule has 9 rings (SSSR count). The Kier molecular flexibility index (Phi) is 28.1. The first-order valence-electron chi connectivity index (χ1n) is 20.5. The van der Waals surface area contributed by atoms with Crippen LogP contribution in [0.3, 0.4) is 0 Å². The Morgan fingerprint density at radius 1 is 0.850 bits per heavy atom. The number of fused-ring (bicyclic) bond motifs is 1. The molecule has 4 saturated heterocycles. The zero-order chi connectivity index (χ0) is 44.6. The number of nitrogens with one attached hydrogen (secondary N) is 6. The number of carboxylic acid groups (broad SMARTS) is 2. The zero-order valence-corrected chi connectivity index (χ0v) is 36.5. The van der Waals surface area contributed by atoms with Gasteiger partial charge in [0.05, 0.1) is 26.4 Å². The second kappa shape index (κ2) is 31.8. The standard InChI is InChI=1S/C11H13N3.2C8H10O.C7H12N2O2.2C4H9NO.C2H6.CH2O2/c1-12-8-9-2-4-10(5-3-9)11-13-6-7-14-11;2*1-7-3-5-8(9-2)6-4-7;10-6(11)9-4-7-1-5(2-7)8-3-7;2*6-4-1-2-5-3-4;1-2;2-1-3/h2-7,12H,8H2,1H3,(H,13,14);2*3-6H,1-2H3;5,8-9H,1-4H2,(H,10,11);2*4-6H,1-3H2;1-2H3;1H,(H,2,3). The van der Waals surface area contributed by atoms with Gasteiger partial charge < -0.3 is 61.5 Å². The fourth-order valence-corrected chi connectivity index (χ4v) is 6.14. The topological polar surface area (TPSA) is 222 Å². The average molecular weight is 838 g/mol. The van der Waals surface area contributed by atoms with Crippen LogP contribution in [0.4, 0.5) is 4.79 Å². The second-order valence-electron chi connectivity index (χ2n) is 14.2. The predicted molar refractivity (Wildman–Crippen MR) is 239 cm³/mol. The molecule has 0 radical (unpaired) electrons. The van der Waals surface area contributed by atoms with Crippen molar-refractivity contribution in [2.75, 3.05) is 60.5 Å². The number of aromatic amines is 1. The normalized spacial score (nSPS) is 19.6. The minimum Gasteiger partial charge on any atom is -0.497 e. The van der Waals surface area contributed by atoms with Crippen LogP contribution in [0.25, 0.3) is 11.4 Å². The number of rotatable bonds is 7. The Morgan fingerprint density at radius 2 is 1.33 bits per heavy atom. The van der Waals surface area contributed by atoms with E-state index >= 15 is 0 Å². The molecule has 2 atom stereocenters. The Labute approximate surface area is 356 Å². The van der Waals surface area contributed by atoms with E-state index in [4.69, 9.17) is 34.7 Å². The number of aliphatic hydroxyl groups is 2. The van der Waals surface area contributed by atoms with Gasteiger partial charge in [0.25, 0.3) is 6.47 Å². The zero-order valence-electron chi connectivity index (χ0n) is 36.5. The fourth-order valence-electron chi connectivity index (χ4n) is 6.14. The van der Waals surface area contributed by atoms with Gasteiger partial charge in [-0.3, -0.25) is 4.79 Å². The molecule has 60 heavy (non-hydrogen) atoms. The lowest BCUT2D eigenvalue weighted by atomic mass is 9.70.